The number of halogens is 2. The molecule has 0 fully saturated rings. The van der Waals surface area contributed by atoms with Crippen molar-refractivity contribution in [1.82, 2.24) is 15.6 Å². The van der Waals surface area contributed by atoms with Gasteiger partial charge in [0.05, 0.1) is 28.4 Å². The molecule has 3 aliphatic rings. The maximum Gasteiger partial charge on any atom is 0.250 e. The topological polar surface area (TPSA) is 78.7 Å². The number of amides is 1. The highest BCUT2D eigenvalue weighted by Gasteiger charge is 2.53. The second kappa shape index (κ2) is 7.24. The fraction of sp³-hybridized carbons (Fsp3) is 0.333. The Kier molecular flexibility index (Phi) is 4.71. The van der Waals surface area contributed by atoms with Crippen LogP contribution in [-0.2, 0) is 10.2 Å². The van der Waals surface area contributed by atoms with E-state index < -0.39 is 11.2 Å². The summed E-state index contributed by atoms with van der Waals surface area (Å²) in [6.07, 6.45) is 5.26. The molecule has 32 heavy (non-hydrogen) atoms. The highest BCUT2D eigenvalue weighted by atomic mass is 35.5. The first kappa shape index (κ1) is 20.8. The quantitative estimate of drug-likeness (QED) is 0.687. The molecular formula is C24H23ClFN5O. The van der Waals surface area contributed by atoms with Crippen LogP contribution >= 0.6 is 11.6 Å². The highest BCUT2D eigenvalue weighted by Crippen LogP contribution is 2.51. The van der Waals surface area contributed by atoms with E-state index in [0.717, 1.165) is 23.0 Å². The van der Waals surface area contributed by atoms with E-state index in [1.165, 1.54) is 6.20 Å². The predicted octanol–water partition coefficient (Wildman–Crippen LogP) is 5.02. The Morgan fingerprint density at radius 3 is 2.84 bits per heavy atom. The molecule has 0 bridgehead atoms. The number of carbonyl (C=O) groups is 1. The molecule has 0 saturated carbocycles. The van der Waals surface area contributed by atoms with Crippen LogP contribution in [0.5, 0.6) is 0 Å². The van der Waals surface area contributed by atoms with Crippen molar-refractivity contribution in [2.75, 3.05) is 0 Å². The van der Waals surface area contributed by atoms with E-state index in [1.807, 2.05) is 45.0 Å². The SMILES string of the molecule is CC[C@]1(c2cccc(-c3c(F)cncc3Cl)c2)C2=CN=NC2NC2=C1C(=O)NC(C)(C)C2. The first-order valence-electron chi connectivity index (χ1n) is 10.6. The third-order valence-electron chi connectivity index (χ3n) is 6.53. The van der Waals surface area contributed by atoms with Crippen molar-refractivity contribution in [1.29, 1.82) is 0 Å². The number of nitrogens with zero attached hydrogens (tertiary/aromatic N) is 3. The van der Waals surface area contributed by atoms with Gasteiger partial charge in [0.15, 0.2) is 12.0 Å². The summed E-state index contributed by atoms with van der Waals surface area (Å²) in [6, 6.07) is 7.56. The zero-order valence-corrected chi connectivity index (χ0v) is 18.8. The zero-order valence-electron chi connectivity index (χ0n) is 18.0. The first-order chi connectivity index (χ1) is 15.3. The number of aromatic nitrogens is 1. The number of hydrogen-bond donors (Lipinski definition) is 2. The summed E-state index contributed by atoms with van der Waals surface area (Å²) in [5.41, 5.74) is 3.12. The minimum absolute atomic E-state index is 0.115. The molecule has 3 aliphatic heterocycles. The number of pyridine rings is 1. The number of azo groups is 1. The Labute approximate surface area is 190 Å². The summed E-state index contributed by atoms with van der Waals surface area (Å²) in [4.78, 5) is 17.3. The smallest absolute Gasteiger partial charge is 0.250 e. The standard InChI is InChI=1S/C24H23ClFN5O/c1-4-24(14-7-5-6-13(8-14)19-16(25)11-27-12-17(19)26)15-10-28-31-21(15)29-18-9-23(2,3)30-22(32)20(18)24/h5-8,10-12,21,29H,4,9H2,1-3H3,(H,30,32)/t21?,24-/m0/s1. The van der Waals surface area contributed by atoms with Crippen molar-refractivity contribution in [2.45, 2.75) is 50.7 Å². The van der Waals surface area contributed by atoms with Crippen molar-refractivity contribution >= 4 is 17.5 Å². The van der Waals surface area contributed by atoms with Crippen LogP contribution in [0.2, 0.25) is 5.02 Å². The van der Waals surface area contributed by atoms with Crippen LogP contribution in [0.4, 0.5) is 4.39 Å². The van der Waals surface area contributed by atoms with Gasteiger partial charge in [-0.05, 0) is 37.5 Å². The summed E-state index contributed by atoms with van der Waals surface area (Å²) in [7, 11) is 0. The van der Waals surface area contributed by atoms with Crippen molar-refractivity contribution in [3.8, 4) is 11.1 Å². The Balaban J connectivity index is 1.76. The molecule has 2 aromatic rings. The fourth-order valence-electron chi connectivity index (χ4n) is 5.23. The first-order valence-corrected chi connectivity index (χ1v) is 11.0. The van der Waals surface area contributed by atoms with Gasteiger partial charge in [-0.3, -0.25) is 9.78 Å². The largest absolute Gasteiger partial charge is 0.362 e. The molecule has 0 aliphatic carbocycles. The van der Waals surface area contributed by atoms with Gasteiger partial charge in [-0.15, -0.1) is 0 Å². The summed E-state index contributed by atoms with van der Waals surface area (Å²) in [6.45, 7) is 6.05. The summed E-state index contributed by atoms with van der Waals surface area (Å²) >= 11 is 6.30. The number of benzene rings is 1. The molecule has 4 heterocycles. The molecule has 2 atom stereocenters. The predicted molar refractivity (Wildman–Crippen MR) is 120 cm³/mol. The van der Waals surface area contributed by atoms with Crippen LogP contribution in [0.15, 0.2) is 69.9 Å². The third kappa shape index (κ3) is 2.98. The number of fused-ring (bicyclic) bond motifs is 1. The summed E-state index contributed by atoms with van der Waals surface area (Å²) < 4.78 is 14.6. The lowest BCUT2D eigenvalue weighted by atomic mass is 9.62. The molecule has 1 aromatic carbocycles. The molecule has 5 rings (SSSR count). The van der Waals surface area contributed by atoms with Gasteiger partial charge in [0.25, 0.3) is 5.91 Å². The molecule has 1 amide bonds. The Hall–Kier alpha value is -3.06. The fourth-order valence-corrected chi connectivity index (χ4v) is 5.49. The summed E-state index contributed by atoms with van der Waals surface area (Å²) in [5.74, 6) is -0.610. The monoisotopic (exact) mass is 451 g/mol. The molecular weight excluding hydrogens is 429 g/mol. The second-order valence-corrected chi connectivity index (χ2v) is 9.46. The van der Waals surface area contributed by atoms with E-state index in [-0.39, 0.29) is 22.6 Å². The Bertz CT molecular complexity index is 1210. The Morgan fingerprint density at radius 1 is 1.28 bits per heavy atom. The van der Waals surface area contributed by atoms with E-state index in [2.05, 4.69) is 25.8 Å². The van der Waals surface area contributed by atoms with Crippen LogP contribution in [-0.4, -0.2) is 22.6 Å². The van der Waals surface area contributed by atoms with Crippen molar-refractivity contribution in [2.24, 2.45) is 10.2 Å². The average Bonchev–Trinajstić information content (AvgIpc) is 3.20. The van der Waals surface area contributed by atoms with Gasteiger partial charge in [-0.2, -0.15) is 10.2 Å². The van der Waals surface area contributed by atoms with E-state index in [1.54, 1.807) is 6.20 Å². The average molecular weight is 452 g/mol. The summed E-state index contributed by atoms with van der Waals surface area (Å²) in [5, 5.41) is 15.3. The van der Waals surface area contributed by atoms with Crippen LogP contribution < -0.4 is 10.6 Å². The number of nitrogens with one attached hydrogen (secondary N) is 2. The van der Waals surface area contributed by atoms with Gasteiger partial charge in [0.1, 0.15) is 0 Å². The molecule has 0 radical (unpaired) electrons. The normalized spacial score (nSPS) is 25.6. The molecule has 0 spiro atoms. The van der Waals surface area contributed by atoms with Gasteiger partial charge in [-0.25, -0.2) is 4.39 Å². The second-order valence-electron chi connectivity index (χ2n) is 9.05. The minimum Gasteiger partial charge on any atom is -0.362 e. The van der Waals surface area contributed by atoms with Crippen LogP contribution in [0, 0.1) is 5.82 Å². The van der Waals surface area contributed by atoms with Crippen LogP contribution in [0.3, 0.4) is 0 Å². The van der Waals surface area contributed by atoms with Gasteiger partial charge in [0, 0.05) is 35.0 Å². The molecule has 164 valence electrons. The van der Waals surface area contributed by atoms with Gasteiger partial charge in [0.2, 0.25) is 0 Å². The molecule has 1 aromatic heterocycles. The highest BCUT2D eigenvalue weighted by molar-refractivity contribution is 6.33. The third-order valence-corrected chi connectivity index (χ3v) is 6.82. The van der Waals surface area contributed by atoms with Crippen LogP contribution in [0.25, 0.3) is 11.1 Å². The minimum atomic E-state index is -0.749. The van der Waals surface area contributed by atoms with E-state index >= 15 is 0 Å². The maximum atomic E-state index is 14.6. The van der Waals surface area contributed by atoms with Crippen LogP contribution in [0.1, 0.15) is 39.2 Å². The molecule has 0 saturated heterocycles. The number of carbonyl (C=O) groups excluding carboxylic acids is 1. The Morgan fingerprint density at radius 2 is 2.09 bits per heavy atom. The molecule has 2 N–H and O–H groups in total. The van der Waals surface area contributed by atoms with Gasteiger partial charge in [-0.1, -0.05) is 36.7 Å². The molecule has 6 nitrogen and oxygen atoms in total. The lowest BCUT2D eigenvalue weighted by Gasteiger charge is -2.48. The zero-order chi connectivity index (χ0) is 22.7. The van der Waals surface area contributed by atoms with Gasteiger partial charge < -0.3 is 10.6 Å². The maximum absolute atomic E-state index is 14.6. The van der Waals surface area contributed by atoms with Crippen molar-refractivity contribution in [3.05, 3.63) is 76.1 Å². The lowest BCUT2D eigenvalue weighted by Crippen LogP contribution is -2.58. The number of rotatable bonds is 3. The molecule has 8 heteroatoms. The molecule has 1 unspecified atom stereocenters. The number of hydrogen-bond acceptors (Lipinski definition) is 5. The van der Waals surface area contributed by atoms with Crippen molar-refractivity contribution < 1.29 is 9.18 Å². The van der Waals surface area contributed by atoms with E-state index in [0.29, 0.717) is 29.5 Å². The van der Waals surface area contributed by atoms with Gasteiger partial charge >= 0.3 is 0 Å². The van der Waals surface area contributed by atoms with E-state index in [4.69, 9.17) is 11.6 Å². The lowest BCUT2D eigenvalue weighted by molar-refractivity contribution is -0.120. The van der Waals surface area contributed by atoms with Crippen molar-refractivity contribution in [3.63, 3.8) is 0 Å². The van der Waals surface area contributed by atoms with E-state index in [9.17, 15) is 9.18 Å².